The Morgan fingerprint density at radius 1 is 1.67 bits per heavy atom. The molecule has 1 amide bonds. The van der Waals surface area contributed by atoms with Gasteiger partial charge in [-0.05, 0) is 25.1 Å². The molecule has 2 unspecified atom stereocenters. The van der Waals surface area contributed by atoms with Gasteiger partial charge in [-0.25, -0.2) is 0 Å². The number of hydrogen-bond acceptors (Lipinski definition) is 3. The van der Waals surface area contributed by atoms with Gasteiger partial charge in [-0.3, -0.25) is 4.79 Å². The van der Waals surface area contributed by atoms with Crippen molar-refractivity contribution in [1.82, 2.24) is 4.90 Å². The Bertz CT molecular complexity index is 464. The Labute approximate surface area is 115 Å². The van der Waals surface area contributed by atoms with Crippen LogP contribution in [0.15, 0.2) is 22.7 Å². The summed E-state index contributed by atoms with van der Waals surface area (Å²) in [4.78, 5) is 13.9. The highest BCUT2D eigenvalue weighted by molar-refractivity contribution is 9.10. The average Bonchev–Trinajstić information content (AvgIpc) is 2.78. The molecule has 0 bridgehead atoms. The number of hydrogen-bond donors (Lipinski definition) is 1. The van der Waals surface area contributed by atoms with Crippen LogP contribution in [0.1, 0.15) is 18.4 Å². The van der Waals surface area contributed by atoms with Gasteiger partial charge in [-0.15, -0.1) is 0 Å². The molecule has 98 valence electrons. The molecule has 0 aliphatic carbocycles. The Kier molecular flexibility index (Phi) is 3.92. The second-order valence-corrected chi connectivity index (χ2v) is 5.44. The van der Waals surface area contributed by atoms with Crippen molar-refractivity contribution in [2.75, 3.05) is 20.3 Å². The van der Waals surface area contributed by atoms with E-state index in [0.29, 0.717) is 6.61 Å². The molecule has 0 saturated heterocycles. The smallest absolute Gasteiger partial charge is 0.233 e. The lowest BCUT2D eigenvalue weighted by atomic mass is 9.99. The zero-order chi connectivity index (χ0) is 13.3. The molecule has 0 saturated carbocycles. The zero-order valence-corrected chi connectivity index (χ0v) is 12.0. The number of benzene rings is 1. The van der Waals surface area contributed by atoms with Crippen molar-refractivity contribution >= 4 is 21.8 Å². The summed E-state index contributed by atoms with van der Waals surface area (Å²) in [6.45, 7) is 2.14. The Balaban J connectivity index is 2.23. The second-order valence-electron chi connectivity index (χ2n) is 4.53. The van der Waals surface area contributed by atoms with E-state index in [1.165, 1.54) is 0 Å². The molecule has 2 rings (SSSR count). The fourth-order valence-electron chi connectivity index (χ4n) is 1.98. The molecule has 0 radical (unpaired) electrons. The van der Waals surface area contributed by atoms with Crippen LogP contribution in [-0.2, 0) is 4.79 Å². The SMILES string of the molecule is CC(CO)N(C)C(=O)C1COc2ccc(Br)cc21. The third-order valence-corrected chi connectivity index (χ3v) is 3.82. The van der Waals surface area contributed by atoms with Crippen LogP contribution in [0.25, 0.3) is 0 Å². The predicted molar refractivity (Wildman–Crippen MR) is 71.7 cm³/mol. The summed E-state index contributed by atoms with van der Waals surface area (Å²) in [5.74, 6) is 0.464. The average molecular weight is 314 g/mol. The van der Waals surface area contributed by atoms with Gasteiger partial charge in [-0.2, -0.15) is 0 Å². The van der Waals surface area contributed by atoms with Gasteiger partial charge in [-0.1, -0.05) is 15.9 Å². The molecule has 1 aromatic rings. The van der Waals surface area contributed by atoms with Gasteiger partial charge in [0.2, 0.25) is 5.91 Å². The highest BCUT2D eigenvalue weighted by Crippen LogP contribution is 2.36. The first-order chi connectivity index (χ1) is 8.54. The molecule has 0 spiro atoms. The van der Waals surface area contributed by atoms with E-state index in [4.69, 9.17) is 9.84 Å². The van der Waals surface area contributed by atoms with Crippen LogP contribution >= 0.6 is 15.9 Å². The Morgan fingerprint density at radius 3 is 3.06 bits per heavy atom. The van der Waals surface area contributed by atoms with Gasteiger partial charge in [0.1, 0.15) is 18.3 Å². The maximum atomic E-state index is 12.3. The highest BCUT2D eigenvalue weighted by Gasteiger charge is 2.33. The number of aliphatic hydroxyl groups excluding tert-OH is 1. The maximum absolute atomic E-state index is 12.3. The quantitative estimate of drug-likeness (QED) is 0.925. The lowest BCUT2D eigenvalue weighted by Gasteiger charge is -2.25. The van der Waals surface area contributed by atoms with Crippen molar-refractivity contribution in [3.05, 3.63) is 28.2 Å². The number of fused-ring (bicyclic) bond motifs is 1. The highest BCUT2D eigenvalue weighted by atomic mass is 79.9. The van der Waals surface area contributed by atoms with Crippen molar-refractivity contribution in [2.24, 2.45) is 0 Å². The van der Waals surface area contributed by atoms with E-state index < -0.39 is 0 Å². The van der Waals surface area contributed by atoms with Crippen molar-refractivity contribution < 1.29 is 14.6 Å². The van der Waals surface area contributed by atoms with E-state index in [2.05, 4.69) is 15.9 Å². The van der Waals surface area contributed by atoms with Gasteiger partial charge in [0.25, 0.3) is 0 Å². The van der Waals surface area contributed by atoms with E-state index in [1.54, 1.807) is 11.9 Å². The molecule has 1 heterocycles. The zero-order valence-electron chi connectivity index (χ0n) is 10.4. The summed E-state index contributed by atoms with van der Waals surface area (Å²) < 4.78 is 6.45. The lowest BCUT2D eigenvalue weighted by Crippen LogP contribution is -2.40. The van der Waals surface area contributed by atoms with E-state index in [9.17, 15) is 4.79 Å². The van der Waals surface area contributed by atoms with Crippen molar-refractivity contribution in [1.29, 1.82) is 0 Å². The molecular weight excluding hydrogens is 298 g/mol. The summed E-state index contributed by atoms with van der Waals surface area (Å²) in [6, 6.07) is 5.49. The van der Waals surface area contributed by atoms with Crippen LogP contribution in [0, 0.1) is 0 Å². The van der Waals surface area contributed by atoms with Crippen LogP contribution in [0.5, 0.6) is 5.75 Å². The summed E-state index contributed by atoms with van der Waals surface area (Å²) in [5, 5.41) is 9.10. The second kappa shape index (κ2) is 5.28. The summed E-state index contributed by atoms with van der Waals surface area (Å²) in [7, 11) is 1.71. The fraction of sp³-hybridized carbons (Fsp3) is 0.462. The molecule has 0 aromatic heterocycles. The number of amides is 1. The molecule has 1 aliphatic heterocycles. The minimum absolute atomic E-state index is 0.0200. The third kappa shape index (κ3) is 2.37. The molecule has 0 fully saturated rings. The van der Waals surface area contributed by atoms with Gasteiger partial charge in [0.15, 0.2) is 0 Å². The van der Waals surface area contributed by atoms with Gasteiger partial charge < -0.3 is 14.7 Å². The number of likely N-dealkylation sites (N-methyl/N-ethyl adjacent to an activating group) is 1. The molecular formula is C13H16BrNO3. The van der Waals surface area contributed by atoms with Crippen molar-refractivity contribution in [3.8, 4) is 5.75 Å². The Morgan fingerprint density at radius 2 is 2.39 bits per heavy atom. The normalized spacial score (nSPS) is 19.0. The van der Waals surface area contributed by atoms with Crippen LogP contribution in [-0.4, -0.2) is 42.2 Å². The number of aliphatic hydroxyl groups is 1. The molecule has 1 aromatic carbocycles. The van der Waals surface area contributed by atoms with Crippen LogP contribution < -0.4 is 4.74 Å². The summed E-state index contributed by atoms with van der Waals surface area (Å²) >= 11 is 3.40. The molecule has 2 atom stereocenters. The van der Waals surface area contributed by atoms with Crippen LogP contribution in [0.2, 0.25) is 0 Å². The van der Waals surface area contributed by atoms with E-state index in [0.717, 1.165) is 15.8 Å². The number of rotatable bonds is 3. The van der Waals surface area contributed by atoms with Crippen molar-refractivity contribution in [3.63, 3.8) is 0 Å². The first kappa shape index (κ1) is 13.4. The number of ether oxygens (including phenoxy) is 1. The van der Waals surface area contributed by atoms with E-state index >= 15 is 0 Å². The van der Waals surface area contributed by atoms with Crippen LogP contribution in [0.4, 0.5) is 0 Å². The predicted octanol–water partition coefficient (Wildman–Crippen LogP) is 1.76. The maximum Gasteiger partial charge on any atom is 0.233 e. The topological polar surface area (TPSA) is 49.8 Å². The largest absolute Gasteiger partial charge is 0.492 e. The summed E-state index contributed by atoms with van der Waals surface area (Å²) in [6.07, 6.45) is 0. The monoisotopic (exact) mass is 313 g/mol. The number of halogens is 1. The molecule has 18 heavy (non-hydrogen) atoms. The molecule has 4 nitrogen and oxygen atoms in total. The van der Waals surface area contributed by atoms with Gasteiger partial charge >= 0.3 is 0 Å². The molecule has 1 N–H and O–H groups in total. The van der Waals surface area contributed by atoms with E-state index in [-0.39, 0.29) is 24.5 Å². The standard InChI is InChI=1S/C13H16BrNO3/c1-8(6-16)15(2)13(17)11-7-18-12-4-3-9(14)5-10(11)12/h3-5,8,11,16H,6-7H2,1-2H3. The first-order valence-corrected chi connectivity index (χ1v) is 6.63. The minimum atomic E-state index is -0.281. The Hall–Kier alpha value is -1.07. The van der Waals surface area contributed by atoms with Gasteiger partial charge in [0, 0.05) is 17.1 Å². The molecule has 1 aliphatic rings. The van der Waals surface area contributed by atoms with E-state index in [1.807, 2.05) is 25.1 Å². The van der Waals surface area contributed by atoms with Crippen molar-refractivity contribution in [2.45, 2.75) is 18.9 Å². The fourth-order valence-corrected chi connectivity index (χ4v) is 2.35. The lowest BCUT2D eigenvalue weighted by molar-refractivity contribution is -0.134. The first-order valence-electron chi connectivity index (χ1n) is 5.84. The number of carbonyl (C=O) groups is 1. The minimum Gasteiger partial charge on any atom is -0.492 e. The van der Waals surface area contributed by atoms with Gasteiger partial charge in [0.05, 0.1) is 12.6 Å². The number of nitrogens with zero attached hydrogens (tertiary/aromatic N) is 1. The molecule has 5 heteroatoms. The third-order valence-electron chi connectivity index (χ3n) is 3.32. The van der Waals surface area contributed by atoms with Crippen LogP contribution in [0.3, 0.4) is 0 Å². The number of carbonyl (C=O) groups excluding carboxylic acids is 1. The summed E-state index contributed by atoms with van der Waals surface area (Å²) in [5.41, 5.74) is 0.909.